The van der Waals surface area contributed by atoms with E-state index in [9.17, 15) is 0 Å². The molecule has 1 heterocycles. The molecular weight excluding hydrogens is 190 g/mol. The molecule has 2 N–H and O–H groups in total. The fourth-order valence-electron chi connectivity index (χ4n) is 1.62. The quantitative estimate of drug-likeness (QED) is 0.820. The van der Waals surface area contributed by atoms with Crippen LogP contribution in [-0.2, 0) is 6.42 Å². The Hall–Kier alpha value is -0.900. The number of hydrogen-bond donors (Lipinski definition) is 1. The van der Waals surface area contributed by atoms with Crippen molar-refractivity contribution < 1.29 is 4.52 Å². The van der Waals surface area contributed by atoms with E-state index in [-0.39, 0.29) is 6.04 Å². The van der Waals surface area contributed by atoms with Crippen LogP contribution in [0, 0.1) is 11.8 Å². The van der Waals surface area contributed by atoms with Gasteiger partial charge in [0.25, 0.3) is 0 Å². The first-order chi connectivity index (χ1) is 7.08. The summed E-state index contributed by atoms with van der Waals surface area (Å²) in [6.45, 7) is 6.41. The second-order valence-corrected chi connectivity index (χ2v) is 4.98. The van der Waals surface area contributed by atoms with Gasteiger partial charge < -0.3 is 10.3 Å². The van der Waals surface area contributed by atoms with Crippen molar-refractivity contribution in [2.75, 3.05) is 0 Å². The summed E-state index contributed by atoms with van der Waals surface area (Å²) in [5.74, 6) is 3.24. The number of nitrogens with two attached hydrogens (primary N) is 1. The lowest BCUT2D eigenvalue weighted by Gasteiger charge is -2.11. The van der Waals surface area contributed by atoms with E-state index in [0.29, 0.717) is 30.1 Å². The molecule has 84 valence electrons. The molecule has 0 radical (unpaired) electrons. The van der Waals surface area contributed by atoms with Crippen LogP contribution in [0.15, 0.2) is 4.52 Å². The molecule has 1 aromatic heterocycles. The van der Waals surface area contributed by atoms with Crippen LogP contribution >= 0.6 is 0 Å². The van der Waals surface area contributed by atoms with E-state index in [1.807, 2.05) is 0 Å². The standard InChI is InChI=1S/C11H19N3O/c1-6(2)9(12)5-10-13-11(14-15-10)8-4-7(8)3/h6-9H,4-5,12H2,1-3H3. The van der Waals surface area contributed by atoms with Crippen LogP contribution in [-0.4, -0.2) is 16.2 Å². The Morgan fingerprint density at radius 3 is 2.73 bits per heavy atom. The molecule has 1 saturated carbocycles. The molecule has 3 atom stereocenters. The molecule has 4 nitrogen and oxygen atoms in total. The molecule has 15 heavy (non-hydrogen) atoms. The van der Waals surface area contributed by atoms with Crippen molar-refractivity contribution in [2.45, 2.75) is 45.6 Å². The van der Waals surface area contributed by atoms with Gasteiger partial charge in [0.1, 0.15) is 0 Å². The zero-order valence-corrected chi connectivity index (χ0v) is 9.60. The third kappa shape index (κ3) is 2.37. The first kappa shape index (κ1) is 10.6. The molecule has 2 rings (SSSR count). The molecule has 1 aromatic rings. The number of aromatic nitrogens is 2. The lowest BCUT2D eigenvalue weighted by molar-refractivity contribution is 0.349. The third-order valence-corrected chi connectivity index (χ3v) is 3.19. The van der Waals surface area contributed by atoms with Crippen molar-refractivity contribution in [1.29, 1.82) is 0 Å². The van der Waals surface area contributed by atoms with Crippen LogP contribution in [0.4, 0.5) is 0 Å². The van der Waals surface area contributed by atoms with Crippen LogP contribution in [0.2, 0.25) is 0 Å². The normalized spacial score (nSPS) is 27.0. The van der Waals surface area contributed by atoms with E-state index in [4.69, 9.17) is 10.3 Å². The molecule has 1 fully saturated rings. The molecule has 0 aromatic carbocycles. The molecule has 1 aliphatic carbocycles. The fraction of sp³-hybridized carbons (Fsp3) is 0.818. The number of hydrogen-bond acceptors (Lipinski definition) is 4. The average molecular weight is 209 g/mol. The maximum atomic E-state index is 5.95. The second-order valence-electron chi connectivity index (χ2n) is 4.98. The Morgan fingerprint density at radius 2 is 2.20 bits per heavy atom. The number of nitrogens with zero attached hydrogens (tertiary/aromatic N) is 2. The zero-order valence-electron chi connectivity index (χ0n) is 9.60. The lowest BCUT2D eigenvalue weighted by Crippen LogP contribution is -2.28. The third-order valence-electron chi connectivity index (χ3n) is 3.19. The van der Waals surface area contributed by atoms with Gasteiger partial charge in [0, 0.05) is 18.4 Å². The largest absolute Gasteiger partial charge is 0.339 e. The maximum absolute atomic E-state index is 5.95. The minimum Gasteiger partial charge on any atom is -0.339 e. The van der Waals surface area contributed by atoms with Gasteiger partial charge in [0.2, 0.25) is 5.89 Å². The van der Waals surface area contributed by atoms with E-state index in [2.05, 4.69) is 30.9 Å². The summed E-state index contributed by atoms with van der Waals surface area (Å²) in [6.07, 6.45) is 1.88. The van der Waals surface area contributed by atoms with Crippen LogP contribution in [0.25, 0.3) is 0 Å². The average Bonchev–Trinajstić information content (AvgIpc) is 2.73. The van der Waals surface area contributed by atoms with Crippen molar-refractivity contribution >= 4 is 0 Å². The zero-order chi connectivity index (χ0) is 11.0. The Labute approximate surface area is 90.2 Å². The van der Waals surface area contributed by atoms with E-state index in [0.717, 1.165) is 5.82 Å². The Balaban J connectivity index is 1.95. The summed E-state index contributed by atoms with van der Waals surface area (Å²) < 4.78 is 5.19. The summed E-state index contributed by atoms with van der Waals surface area (Å²) in [5.41, 5.74) is 5.95. The highest BCUT2D eigenvalue weighted by Crippen LogP contribution is 2.45. The second kappa shape index (κ2) is 3.93. The van der Waals surface area contributed by atoms with Crippen molar-refractivity contribution in [1.82, 2.24) is 10.1 Å². The summed E-state index contributed by atoms with van der Waals surface area (Å²) in [5, 5.41) is 4.00. The van der Waals surface area contributed by atoms with Gasteiger partial charge in [-0.2, -0.15) is 4.98 Å². The Morgan fingerprint density at radius 1 is 1.53 bits per heavy atom. The van der Waals surface area contributed by atoms with Crippen LogP contribution < -0.4 is 5.73 Å². The minimum atomic E-state index is 0.106. The highest BCUT2D eigenvalue weighted by Gasteiger charge is 2.38. The highest BCUT2D eigenvalue weighted by molar-refractivity contribution is 5.07. The van der Waals surface area contributed by atoms with Gasteiger partial charge in [0.05, 0.1) is 0 Å². The summed E-state index contributed by atoms with van der Waals surface area (Å²) in [6, 6.07) is 0.106. The van der Waals surface area contributed by atoms with Crippen molar-refractivity contribution in [3.8, 4) is 0 Å². The molecule has 4 heteroatoms. The Bertz CT molecular complexity index is 334. The SMILES string of the molecule is CC(C)C(N)Cc1nc(C2CC2C)no1. The highest BCUT2D eigenvalue weighted by atomic mass is 16.5. The Kier molecular flexibility index (Phi) is 2.78. The van der Waals surface area contributed by atoms with Crippen LogP contribution in [0.5, 0.6) is 0 Å². The van der Waals surface area contributed by atoms with Gasteiger partial charge in [-0.05, 0) is 18.3 Å². The first-order valence-corrected chi connectivity index (χ1v) is 5.66. The summed E-state index contributed by atoms with van der Waals surface area (Å²) in [7, 11) is 0. The fourth-order valence-corrected chi connectivity index (χ4v) is 1.62. The minimum absolute atomic E-state index is 0.106. The topological polar surface area (TPSA) is 64.9 Å². The molecule has 0 spiro atoms. The molecule has 0 amide bonds. The van der Waals surface area contributed by atoms with Gasteiger partial charge in [0.15, 0.2) is 5.82 Å². The smallest absolute Gasteiger partial charge is 0.228 e. The molecule has 0 bridgehead atoms. The van der Waals surface area contributed by atoms with Crippen LogP contribution in [0.3, 0.4) is 0 Å². The van der Waals surface area contributed by atoms with Gasteiger partial charge in [-0.3, -0.25) is 0 Å². The van der Waals surface area contributed by atoms with Crippen molar-refractivity contribution in [3.63, 3.8) is 0 Å². The molecular formula is C11H19N3O. The maximum Gasteiger partial charge on any atom is 0.228 e. The lowest BCUT2D eigenvalue weighted by atomic mass is 10.0. The van der Waals surface area contributed by atoms with Crippen LogP contribution in [0.1, 0.15) is 44.8 Å². The van der Waals surface area contributed by atoms with E-state index in [1.165, 1.54) is 6.42 Å². The van der Waals surface area contributed by atoms with E-state index < -0.39 is 0 Å². The predicted molar refractivity (Wildman–Crippen MR) is 57.3 cm³/mol. The number of rotatable bonds is 4. The molecule has 3 unspecified atom stereocenters. The monoisotopic (exact) mass is 209 g/mol. The van der Waals surface area contributed by atoms with Gasteiger partial charge in [-0.15, -0.1) is 0 Å². The molecule has 1 aliphatic rings. The van der Waals surface area contributed by atoms with Gasteiger partial charge >= 0.3 is 0 Å². The predicted octanol–water partition coefficient (Wildman–Crippen LogP) is 1.72. The molecule has 0 aliphatic heterocycles. The van der Waals surface area contributed by atoms with Gasteiger partial charge in [-0.25, -0.2) is 0 Å². The van der Waals surface area contributed by atoms with Crippen molar-refractivity contribution in [2.24, 2.45) is 17.6 Å². The summed E-state index contributed by atoms with van der Waals surface area (Å²) >= 11 is 0. The van der Waals surface area contributed by atoms with Gasteiger partial charge in [-0.1, -0.05) is 25.9 Å². The van der Waals surface area contributed by atoms with E-state index in [1.54, 1.807) is 0 Å². The van der Waals surface area contributed by atoms with Crippen molar-refractivity contribution in [3.05, 3.63) is 11.7 Å². The molecule has 0 saturated heterocycles. The van der Waals surface area contributed by atoms with E-state index >= 15 is 0 Å². The first-order valence-electron chi connectivity index (χ1n) is 5.66. The summed E-state index contributed by atoms with van der Waals surface area (Å²) in [4.78, 5) is 4.39.